The van der Waals surface area contributed by atoms with Crippen molar-refractivity contribution in [2.45, 2.75) is 31.2 Å². The topological polar surface area (TPSA) is 76.2 Å². The van der Waals surface area contributed by atoms with Gasteiger partial charge in [-0.1, -0.05) is 0 Å². The fourth-order valence-corrected chi connectivity index (χ4v) is 2.53. The molecule has 0 unspecified atom stereocenters. The number of rotatable bonds is 2. The van der Waals surface area contributed by atoms with Crippen LogP contribution >= 0.6 is 0 Å². The van der Waals surface area contributed by atoms with E-state index in [0.29, 0.717) is 11.5 Å². The molecule has 3 N–H and O–H groups in total. The van der Waals surface area contributed by atoms with Crippen LogP contribution in [-0.2, 0) is 11.8 Å². The zero-order valence-corrected chi connectivity index (χ0v) is 11.9. The molecule has 2 atom stereocenters. The van der Waals surface area contributed by atoms with Gasteiger partial charge in [0.2, 0.25) is 0 Å². The Hall–Kier alpha value is -2.00. The van der Waals surface area contributed by atoms with E-state index in [1.807, 2.05) is 0 Å². The molecule has 0 aromatic carbocycles. The largest absolute Gasteiger partial charge is 0.471 e. The number of nitrogen functional groups attached to an aromatic ring is 1. The highest BCUT2D eigenvalue weighted by Gasteiger charge is 2.41. The number of anilines is 2. The number of carbonyl (C=O) groups is 1. The van der Waals surface area contributed by atoms with Crippen molar-refractivity contribution in [3.8, 4) is 0 Å². The van der Waals surface area contributed by atoms with E-state index in [0.717, 1.165) is 0 Å². The highest BCUT2D eigenvalue weighted by Crippen LogP contribution is 2.26. The van der Waals surface area contributed by atoms with Gasteiger partial charge in [-0.15, -0.1) is 0 Å². The van der Waals surface area contributed by atoms with Crippen LogP contribution in [-0.4, -0.2) is 47.2 Å². The van der Waals surface area contributed by atoms with Gasteiger partial charge in [0.05, 0.1) is 17.9 Å². The molecule has 1 aromatic heterocycles. The third-order valence-corrected chi connectivity index (χ3v) is 3.63. The van der Waals surface area contributed by atoms with Crippen LogP contribution in [0, 0.1) is 0 Å². The van der Waals surface area contributed by atoms with Crippen molar-refractivity contribution in [3.05, 3.63) is 6.20 Å². The highest BCUT2D eigenvalue weighted by atomic mass is 19.4. The molecule has 1 saturated heterocycles. The van der Waals surface area contributed by atoms with Gasteiger partial charge in [0.25, 0.3) is 0 Å². The minimum atomic E-state index is -5.02. The van der Waals surface area contributed by atoms with Crippen LogP contribution in [0.1, 0.15) is 12.8 Å². The first-order valence-electron chi connectivity index (χ1n) is 6.74. The van der Waals surface area contributed by atoms with Gasteiger partial charge in [-0.25, -0.2) is 4.39 Å². The van der Waals surface area contributed by atoms with Crippen molar-refractivity contribution in [3.63, 3.8) is 0 Å². The summed E-state index contributed by atoms with van der Waals surface area (Å²) in [6, 6.07) is -1.17. The summed E-state index contributed by atoms with van der Waals surface area (Å²) in [6.07, 6.45) is -5.07. The van der Waals surface area contributed by atoms with Gasteiger partial charge in [-0.05, 0) is 12.8 Å². The minimum Gasteiger partial charge on any atom is -0.394 e. The van der Waals surface area contributed by atoms with E-state index < -0.39 is 24.3 Å². The molecule has 0 aliphatic carbocycles. The fraction of sp³-hybridized carbons (Fsp3) is 0.667. The summed E-state index contributed by atoms with van der Waals surface area (Å²) in [7, 11) is 1.67. The van der Waals surface area contributed by atoms with E-state index in [1.165, 1.54) is 10.9 Å². The molecule has 0 bridgehead atoms. The lowest BCUT2D eigenvalue weighted by atomic mass is 10.1. The Kier molecular flexibility index (Phi) is 4.47. The summed E-state index contributed by atoms with van der Waals surface area (Å²) < 4.78 is 52.3. The molecule has 0 saturated carbocycles. The van der Waals surface area contributed by atoms with E-state index in [9.17, 15) is 22.4 Å². The molecule has 124 valence electrons. The van der Waals surface area contributed by atoms with Crippen LogP contribution in [0.25, 0.3) is 0 Å². The number of carbonyl (C=O) groups excluding carboxylic acids is 1. The maximum absolute atomic E-state index is 14.0. The monoisotopic (exact) mass is 323 g/mol. The third-order valence-electron chi connectivity index (χ3n) is 3.63. The maximum atomic E-state index is 14.0. The number of hydrogen-bond donors (Lipinski definition) is 2. The molecular weight excluding hydrogens is 306 g/mol. The number of nitrogens with one attached hydrogen (secondary N) is 1. The van der Waals surface area contributed by atoms with Crippen LogP contribution in [0.5, 0.6) is 0 Å². The van der Waals surface area contributed by atoms with Gasteiger partial charge in [-0.2, -0.15) is 18.3 Å². The maximum Gasteiger partial charge on any atom is 0.471 e. The molecule has 0 spiro atoms. The quantitative estimate of drug-likeness (QED) is 0.796. The summed E-state index contributed by atoms with van der Waals surface area (Å²) in [6.45, 7) is 0.552. The van der Waals surface area contributed by atoms with Crippen LogP contribution in [0.15, 0.2) is 6.20 Å². The molecule has 1 amide bonds. The van der Waals surface area contributed by atoms with Crippen molar-refractivity contribution in [2.75, 3.05) is 23.7 Å². The second kappa shape index (κ2) is 6.01. The number of hydrogen-bond acceptors (Lipinski definition) is 4. The first-order valence-corrected chi connectivity index (χ1v) is 6.74. The Labute approximate surface area is 124 Å². The van der Waals surface area contributed by atoms with Crippen molar-refractivity contribution >= 4 is 17.4 Å². The van der Waals surface area contributed by atoms with E-state index in [2.05, 4.69) is 5.10 Å². The van der Waals surface area contributed by atoms with E-state index >= 15 is 0 Å². The fourth-order valence-electron chi connectivity index (χ4n) is 2.53. The summed E-state index contributed by atoms with van der Waals surface area (Å²) >= 11 is 0. The van der Waals surface area contributed by atoms with E-state index in [-0.39, 0.29) is 25.9 Å². The first-order chi connectivity index (χ1) is 10.2. The van der Waals surface area contributed by atoms with Gasteiger partial charge in [0, 0.05) is 20.1 Å². The molecule has 0 radical (unpaired) electrons. The van der Waals surface area contributed by atoms with Crippen molar-refractivity contribution in [2.24, 2.45) is 7.05 Å². The van der Waals surface area contributed by atoms with Gasteiger partial charge in [0.15, 0.2) is 0 Å². The van der Waals surface area contributed by atoms with E-state index in [4.69, 9.17) is 5.73 Å². The number of nitrogens with two attached hydrogens (primary N) is 1. The second-order valence-corrected chi connectivity index (χ2v) is 5.21. The number of halogens is 4. The van der Waals surface area contributed by atoms with Crippen molar-refractivity contribution < 1.29 is 22.4 Å². The van der Waals surface area contributed by atoms with Crippen LogP contribution < -0.4 is 16.0 Å². The van der Waals surface area contributed by atoms with Crippen molar-refractivity contribution in [1.82, 2.24) is 15.1 Å². The lowest BCUT2D eigenvalue weighted by Gasteiger charge is -2.23. The lowest BCUT2D eigenvalue weighted by molar-refractivity contribution is -0.174. The minimum absolute atomic E-state index is 0.00652. The predicted octanol–water partition coefficient (Wildman–Crippen LogP) is 0.988. The molecule has 1 aliphatic heterocycles. The van der Waals surface area contributed by atoms with Gasteiger partial charge >= 0.3 is 12.1 Å². The summed E-state index contributed by atoms with van der Waals surface area (Å²) in [5, 5.41) is 5.70. The average molecular weight is 323 g/mol. The summed E-state index contributed by atoms with van der Waals surface area (Å²) in [5.74, 6) is -1.52. The van der Waals surface area contributed by atoms with E-state index in [1.54, 1.807) is 17.3 Å². The normalized spacial score (nSPS) is 23.2. The number of aromatic nitrogens is 2. The summed E-state index contributed by atoms with van der Waals surface area (Å²) in [4.78, 5) is 12.7. The SMILES string of the molecule is Cn1ncc(N)c1N1CC[C@H](F)[C@H](NC(=O)C(F)(F)F)CC1. The zero-order chi connectivity index (χ0) is 16.5. The first kappa shape index (κ1) is 16.4. The highest BCUT2D eigenvalue weighted by molar-refractivity contribution is 5.82. The molecule has 10 heteroatoms. The smallest absolute Gasteiger partial charge is 0.394 e. The van der Waals surface area contributed by atoms with Crippen LogP contribution in [0.4, 0.5) is 29.1 Å². The Morgan fingerprint density at radius 3 is 2.59 bits per heavy atom. The number of aryl methyl sites for hydroxylation is 1. The molecule has 1 aromatic rings. The van der Waals surface area contributed by atoms with Gasteiger partial charge in [0.1, 0.15) is 12.0 Å². The zero-order valence-electron chi connectivity index (χ0n) is 11.9. The Balaban J connectivity index is 2.06. The molecule has 22 heavy (non-hydrogen) atoms. The summed E-state index contributed by atoms with van der Waals surface area (Å²) in [5.41, 5.74) is 6.21. The number of amides is 1. The Morgan fingerprint density at radius 1 is 1.41 bits per heavy atom. The molecule has 1 fully saturated rings. The van der Waals surface area contributed by atoms with Gasteiger partial charge in [-0.3, -0.25) is 9.48 Å². The Bertz CT molecular complexity index is 525. The van der Waals surface area contributed by atoms with Crippen molar-refractivity contribution in [1.29, 1.82) is 0 Å². The molecule has 1 aliphatic rings. The third kappa shape index (κ3) is 3.42. The van der Waals surface area contributed by atoms with Crippen LogP contribution in [0.2, 0.25) is 0 Å². The molecule has 6 nitrogen and oxygen atoms in total. The number of alkyl halides is 4. The Morgan fingerprint density at radius 2 is 2.05 bits per heavy atom. The predicted molar refractivity (Wildman–Crippen MR) is 71.9 cm³/mol. The number of nitrogens with zero attached hydrogens (tertiary/aromatic N) is 3. The molecular formula is C12H17F4N5O. The molecule has 2 rings (SSSR count). The van der Waals surface area contributed by atoms with Gasteiger partial charge < -0.3 is 16.0 Å². The lowest BCUT2D eigenvalue weighted by Crippen LogP contribution is -2.47. The standard InChI is InChI=1S/C12H17F4N5O/c1-20-10(8(17)6-18-20)21-4-2-7(13)9(3-5-21)19-11(22)12(14,15)16/h6-7,9H,2-5,17H2,1H3,(H,19,22)/t7-,9+/m0/s1. The molecule has 2 heterocycles. The van der Waals surface area contributed by atoms with Crippen LogP contribution in [0.3, 0.4) is 0 Å². The average Bonchev–Trinajstić information content (AvgIpc) is 2.64. The second-order valence-electron chi connectivity index (χ2n) is 5.21.